The summed E-state index contributed by atoms with van der Waals surface area (Å²) in [6.45, 7) is 3.03. The van der Waals surface area contributed by atoms with Gasteiger partial charge in [0.15, 0.2) is 0 Å². The lowest BCUT2D eigenvalue weighted by Gasteiger charge is -2.32. The lowest BCUT2D eigenvalue weighted by atomic mass is 10.1. The molecule has 0 bridgehead atoms. The van der Waals surface area contributed by atoms with Gasteiger partial charge in [-0.25, -0.2) is 8.42 Å². The standard InChI is InChI=1S/C26H34ClN3O5S/c1-18-13-14-24(35-3)23(15-18)30(36(4,33)34)17-25(31)29(16-20-9-5-8-12-22(20)27)19(2)26(32)28-21-10-6-7-11-21/h5,8-9,12-15,19,21H,6-7,10-11,16-17H2,1-4H3,(H,28,32)/t19-/m1/s1. The second-order valence-electron chi connectivity index (χ2n) is 9.22. The predicted octanol–water partition coefficient (Wildman–Crippen LogP) is 3.90. The molecule has 0 radical (unpaired) electrons. The van der Waals surface area contributed by atoms with E-state index in [2.05, 4.69) is 5.32 Å². The van der Waals surface area contributed by atoms with Crippen molar-refractivity contribution in [1.29, 1.82) is 0 Å². The van der Waals surface area contributed by atoms with Gasteiger partial charge in [-0.1, -0.05) is 48.7 Å². The van der Waals surface area contributed by atoms with E-state index in [0.29, 0.717) is 16.3 Å². The van der Waals surface area contributed by atoms with Crippen LogP contribution in [0.25, 0.3) is 0 Å². The molecule has 0 unspecified atom stereocenters. The molecule has 1 aliphatic carbocycles. The first kappa shape index (κ1) is 27.8. The lowest BCUT2D eigenvalue weighted by molar-refractivity contribution is -0.139. The van der Waals surface area contributed by atoms with Gasteiger partial charge in [0, 0.05) is 17.6 Å². The quantitative estimate of drug-likeness (QED) is 0.498. The molecule has 2 aromatic rings. The summed E-state index contributed by atoms with van der Waals surface area (Å²) >= 11 is 6.36. The van der Waals surface area contributed by atoms with E-state index in [0.717, 1.165) is 41.8 Å². The summed E-state index contributed by atoms with van der Waals surface area (Å²) < 4.78 is 32.0. The summed E-state index contributed by atoms with van der Waals surface area (Å²) in [4.78, 5) is 28.2. The summed E-state index contributed by atoms with van der Waals surface area (Å²) in [6.07, 6.45) is 4.97. The van der Waals surface area contributed by atoms with Crippen LogP contribution in [0.15, 0.2) is 42.5 Å². The van der Waals surface area contributed by atoms with Gasteiger partial charge in [0.25, 0.3) is 0 Å². The van der Waals surface area contributed by atoms with E-state index in [4.69, 9.17) is 16.3 Å². The Hall–Kier alpha value is -2.78. The van der Waals surface area contributed by atoms with Crippen molar-refractivity contribution >= 4 is 39.1 Å². The Morgan fingerprint density at radius 1 is 1.17 bits per heavy atom. The molecule has 2 amide bonds. The molecular formula is C26H34ClN3O5S. The van der Waals surface area contributed by atoms with Crippen LogP contribution >= 0.6 is 11.6 Å². The predicted molar refractivity (Wildman–Crippen MR) is 142 cm³/mol. The van der Waals surface area contributed by atoms with Crippen LogP contribution in [-0.2, 0) is 26.2 Å². The fraction of sp³-hybridized carbons (Fsp3) is 0.462. The number of nitrogens with zero attached hydrogens (tertiary/aromatic N) is 2. The molecule has 0 heterocycles. The van der Waals surface area contributed by atoms with E-state index in [1.165, 1.54) is 12.0 Å². The number of hydrogen-bond acceptors (Lipinski definition) is 5. The average molecular weight is 536 g/mol. The summed E-state index contributed by atoms with van der Waals surface area (Å²) in [7, 11) is -2.42. The first-order valence-corrected chi connectivity index (χ1v) is 14.2. The number of halogens is 1. The van der Waals surface area contributed by atoms with Gasteiger partial charge < -0.3 is 15.0 Å². The molecule has 1 fully saturated rings. The molecule has 1 atom stereocenters. The monoisotopic (exact) mass is 535 g/mol. The minimum absolute atomic E-state index is 0.0559. The number of rotatable bonds is 10. The van der Waals surface area contributed by atoms with Gasteiger partial charge in [0.2, 0.25) is 21.8 Å². The van der Waals surface area contributed by atoms with Crippen LogP contribution in [0.2, 0.25) is 5.02 Å². The van der Waals surface area contributed by atoms with Crippen molar-refractivity contribution in [2.24, 2.45) is 0 Å². The average Bonchev–Trinajstić information content (AvgIpc) is 3.33. The van der Waals surface area contributed by atoms with Gasteiger partial charge in [0.1, 0.15) is 18.3 Å². The minimum Gasteiger partial charge on any atom is -0.495 e. The molecular weight excluding hydrogens is 502 g/mol. The molecule has 0 aliphatic heterocycles. The molecule has 36 heavy (non-hydrogen) atoms. The number of hydrogen-bond donors (Lipinski definition) is 1. The Labute approximate surface area is 218 Å². The maximum absolute atomic E-state index is 13.7. The zero-order chi connectivity index (χ0) is 26.5. The van der Waals surface area contributed by atoms with Crippen molar-refractivity contribution in [3.8, 4) is 5.75 Å². The third-order valence-electron chi connectivity index (χ3n) is 6.45. The topological polar surface area (TPSA) is 96.0 Å². The van der Waals surface area contributed by atoms with Crippen molar-refractivity contribution in [3.05, 3.63) is 58.6 Å². The van der Waals surface area contributed by atoms with E-state index in [-0.39, 0.29) is 24.2 Å². The van der Waals surface area contributed by atoms with Crippen LogP contribution < -0.4 is 14.4 Å². The Balaban J connectivity index is 1.94. The molecule has 0 saturated heterocycles. The molecule has 0 spiro atoms. The highest BCUT2D eigenvalue weighted by molar-refractivity contribution is 7.92. The van der Waals surface area contributed by atoms with Crippen LogP contribution in [-0.4, -0.2) is 57.1 Å². The molecule has 3 rings (SSSR count). The van der Waals surface area contributed by atoms with E-state index in [1.54, 1.807) is 49.4 Å². The van der Waals surface area contributed by atoms with E-state index in [9.17, 15) is 18.0 Å². The van der Waals surface area contributed by atoms with Gasteiger partial charge in [-0.3, -0.25) is 13.9 Å². The lowest BCUT2D eigenvalue weighted by Crippen LogP contribution is -2.52. The highest BCUT2D eigenvalue weighted by Crippen LogP contribution is 2.31. The van der Waals surface area contributed by atoms with Crippen LogP contribution in [0.1, 0.15) is 43.7 Å². The molecule has 1 N–H and O–H groups in total. The van der Waals surface area contributed by atoms with Crippen molar-refractivity contribution in [1.82, 2.24) is 10.2 Å². The number of ether oxygens (including phenoxy) is 1. The third kappa shape index (κ3) is 6.91. The summed E-state index contributed by atoms with van der Waals surface area (Å²) in [6, 6.07) is 11.4. The largest absolute Gasteiger partial charge is 0.495 e. The summed E-state index contributed by atoms with van der Waals surface area (Å²) in [5.74, 6) is -0.483. The molecule has 10 heteroatoms. The van der Waals surface area contributed by atoms with Crippen LogP contribution in [0, 0.1) is 6.92 Å². The number of anilines is 1. The normalized spacial score (nSPS) is 14.8. The Morgan fingerprint density at radius 2 is 1.83 bits per heavy atom. The smallest absolute Gasteiger partial charge is 0.244 e. The second kappa shape index (κ2) is 12.0. The number of amides is 2. The zero-order valence-corrected chi connectivity index (χ0v) is 22.7. The van der Waals surface area contributed by atoms with E-state index in [1.807, 2.05) is 6.92 Å². The molecule has 2 aromatic carbocycles. The van der Waals surface area contributed by atoms with Crippen LogP contribution in [0.5, 0.6) is 5.75 Å². The first-order valence-electron chi connectivity index (χ1n) is 12.0. The maximum Gasteiger partial charge on any atom is 0.244 e. The van der Waals surface area contributed by atoms with Crippen molar-refractivity contribution in [2.45, 2.75) is 58.2 Å². The zero-order valence-electron chi connectivity index (χ0n) is 21.2. The van der Waals surface area contributed by atoms with Crippen LogP contribution in [0.3, 0.4) is 0 Å². The van der Waals surface area contributed by atoms with E-state index >= 15 is 0 Å². The van der Waals surface area contributed by atoms with E-state index < -0.39 is 28.5 Å². The SMILES string of the molecule is COc1ccc(C)cc1N(CC(=O)N(Cc1ccccc1Cl)[C@H](C)C(=O)NC1CCCC1)S(C)(=O)=O. The number of carbonyl (C=O) groups is 2. The van der Waals surface area contributed by atoms with Crippen molar-refractivity contribution in [3.63, 3.8) is 0 Å². The number of methoxy groups -OCH3 is 1. The van der Waals surface area contributed by atoms with Crippen LogP contribution in [0.4, 0.5) is 5.69 Å². The molecule has 1 aliphatic rings. The van der Waals surface area contributed by atoms with Gasteiger partial charge in [0.05, 0.1) is 19.1 Å². The fourth-order valence-corrected chi connectivity index (χ4v) is 5.41. The van der Waals surface area contributed by atoms with Crippen molar-refractivity contribution < 1.29 is 22.7 Å². The van der Waals surface area contributed by atoms with Gasteiger partial charge in [-0.05, 0) is 56.0 Å². The Bertz CT molecular complexity index is 1200. The van der Waals surface area contributed by atoms with Gasteiger partial charge in [-0.15, -0.1) is 0 Å². The molecule has 196 valence electrons. The Kier molecular flexibility index (Phi) is 9.24. The van der Waals surface area contributed by atoms with Gasteiger partial charge in [-0.2, -0.15) is 0 Å². The summed E-state index contributed by atoms with van der Waals surface area (Å²) in [5, 5.41) is 3.50. The number of sulfonamides is 1. The minimum atomic E-state index is -3.86. The summed E-state index contributed by atoms with van der Waals surface area (Å²) in [5.41, 5.74) is 1.73. The Morgan fingerprint density at radius 3 is 2.44 bits per heavy atom. The second-order valence-corrected chi connectivity index (χ2v) is 11.5. The molecule has 1 saturated carbocycles. The first-order chi connectivity index (χ1) is 17.0. The van der Waals surface area contributed by atoms with Crippen molar-refractivity contribution in [2.75, 3.05) is 24.2 Å². The highest BCUT2D eigenvalue weighted by Gasteiger charge is 2.32. The van der Waals surface area contributed by atoms with Gasteiger partial charge >= 0.3 is 0 Å². The number of benzene rings is 2. The number of aryl methyl sites for hydroxylation is 1. The fourth-order valence-electron chi connectivity index (χ4n) is 4.37. The maximum atomic E-state index is 13.7. The number of nitrogens with one attached hydrogen (secondary N) is 1. The highest BCUT2D eigenvalue weighted by atomic mass is 35.5. The molecule has 8 nitrogen and oxygen atoms in total. The number of carbonyl (C=O) groups excluding carboxylic acids is 2. The molecule has 0 aromatic heterocycles. The third-order valence-corrected chi connectivity index (χ3v) is 7.94.